The minimum atomic E-state index is -2.97. The standard InChI is InChI=1S/C22H31F2N7OS/c1-15-10-30(20-25-8-17(9-26-20)22(3,23)24)11-16(2)31(15)21(32)28-18-4-6-29(7-5-18)12-19-13-33-14-27-19/h8-9,13-16,18H,4-7,10-12H2,1-3H3,(H,28,32)/t15-,16+. The molecule has 2 saturated heterocycles. The maximum atomic E-state index is 13.4. The second-order valence-corrected chi connectivity index (χ2v) is 9.87. The molecule has 2 aliphatic rings. The summed E-state index contributed by atoms with van der Waals surface area (Å²) in [7, 11) is 0. The molecule has 2 aromatic rings. The van der Waals surface area contributed by atoms with E-state index in [0.29, 0.717) is 19.0 Å². The van der Waals surface area contributed by atoms with Crippen molar-refractivity contribution in [1.29, 1.82) is 0 Å². The number of halogens is 2. The van der Waals surface area contributed by atoms with Crippen LogP contribution < -0.4 is 10.2 Å². The zero-order valence-corrected chi connectivity index (χ0v) is 20.1. The SMILES string of the molecule is C[C@@H]1CN(c2ncc(C(C)(F)F)cn2)C[C@H](C)N1C(=O)NC1CCN(Cc2cscn2)CC1. The molecule has 2 amide bonds. The number of alkyl halides is 2. The third-order valence-electron chi connectivity index (χ3n) is 6.37. The summed E-state index contributed by atoms with van der Waals surface area (Å²) in [4.78, 5) is 31.9. The third-order valence-corrected chi connectivity index (χ3v) is 7.00. The highest BCUT2D eigenvalue weighted by molar-refractivity contribution is 7.07. The number of likely N-dealkylation sites (tertiary alicyclic amines) is 1. The van der Waals surface area contributed by atoms with Gasteiger partial charge in [-0.2, -0.15) is 0 Å². The summed E-state index contributed by atoms with van der Waals surface area (Å²) < 4.78 is 26.9. The summed E-state index contributed by atoms with van der Waals surface area (Å²) in [6.07, 6.45) is 4.19. The molecule has 8 nitrogen and oxygen atoms in total. The smallest absolute Gasteiger partial charge is 0.318 e. The van der Waals surface area contributed by atoms with Gasteiger partial charge in [0, 0.05) is 75.5 Å². The molecule has 0 bridgehead atoms. The third kappa shape index (κ3) is 5.75. The Balaban J connectivity index is 1.29. The average Bonchev–Trinajstić information content (AvgIpc) is 3.27. The number of carbonyl (C=O) groups is 1. The first-order chi connectivity index (χ1) is 15.7. The van der Waals surface area contributed by atoms with Crippen molar-refractivity contribution >= 4 is 23.3 Å². The number of aromatic nitrogens is 3. The lowest BCUT2D eigenvalue weighted by Crippen LogP contribution is -2.62. The molecule has 0 spiro atoms. The molecule has 0 aromatic carbocycles. The molecule has 0 unspecified atom stereocenters. The Morgan fingerprint density at radius 1 is 1.15 bits per heavy atom. The predicted octanol–water partition coefficient (Wildman–Crippen LogP) is 3.32. The zero-order valence-electron chi connectivity index (χ0n) is 19.2. The monoisotopic (exact) mass is 479 g/mol. The van der Waals surface area contributed by atoms with E-state index in [1.54, 1.807) is 11.3 Å². The Labute approximate surface area is 197 Å². The van der Waals surface area contributed by atoms with E-state index in [-0.39, 0.29) is 29.7 Å². The van der Waals surface area contributed by atoms with Gasteiger partial charge in [0.1, 0.15) is 0 Å². The molecule has 1 N–H and O–H groups in total. The zero-order chi connectivity index (χ0) is 23.6. The Bertz CT molecular complexity index is 902. The van der Waals surface area contributed by atoms with Gasteiger partial charge in [-0.05, 0) is 26.7 Å². The molecule has 4 heterocycles. The van der Waals surface area contributed by atoms with Crippen LogP contribution in [0.3, 0.4) is 0 Å². The molecule has 180 valence electrons. The van der Waals surface area contributed by atoms with E-state index in [1.165, 1.54) is 12.4 Å². The van der Waals surface area contributed by atoms with Crippen LogP contribution in [0.2, 0.25) is 0 Å². The molecule has 0 saturated carbocycles. The quantitative estimate of drug-likeness (QED) is 0.709. The van der Waals surface area contributed by atoms with Gasteiger partial charge in [0.2, 0.25) is 5.95 Å². The molecule has 4 rings (SSSR count). The van der Waals surface area contributed by atoms with Crippen LogP contribution >= 0.6 is 11.3 Å². The fraction of sp³-hybridized carbons (Fsp3) is 0.636. The van der Waals surface area contributed by atoms with Gasteiger partial charge in [-0.3, -0.25) is 4.90 Å². The molecular formula is C22H31F2N7OS. The molecular weight excluding hydrogens is 448 g/mol. The molecule has 0 aliphatic carbocycles. The van der Waals surface area contributed by atoms with E-state index in [1.807, 2.05) is 29.2 Å². The number of thiazole rings is 1. The number of hydrogen-bond acceptors (Lipinski definition) is 7. The maximum absolute atomic E-state index is 13.4. The Morgan fingerprint density at radius 3 is 2.33 bits per heavy atom. The van der Waals surface area contributed by atoms with Crippen LogP contribution in [0.1, 0.15) is 44.9 Å². The molecule has 11 heteroatoms. The Kier molecular flexibility index (Phi) is 7.08. The first-order valence-corrected chi connectivity index (χ1v) is 12.3. The highest BCUT2D eigenvalue weighted by Gasteiger charge is 2.35. The van der Waals surface area contributed by atoms with Crippen LogP contribution in [0.5, 0.6) is 0 Å². The first kappa shape index (κ1) is 23.7. The van der Waals surface area contributed by atoms with Crippen molar-refractivity contribution in [2.45, 2.75) is 64.2 Å². The van der Waals surface area contributed by atoms with Crippen molar-refractivity contribution in [3.8, 4) is 0 Å². The van der Waals surface area contributed by atoms with Gasteiger partial charge in [0.05, 0.1) is 16.8 Å². The largest absolute Gasteiger partial charge is 0.337 e. The van der Waals surface area contributed by atoms with Crippen molar-refractivity contribution < 1.29 is 13.6 Å². The predicted molar refractivity (Wildman–Crippen MR) is 124 cm³/mol. The fourth-order valence-electron chi connectivity index (χ4n) is 4.63. The number of amides is 2. The molecule has 2 atom stereocenters. The Hall–Kier alpha value is -2.40. The van der Waals surface area contributed by atoms with E-state index in [0.717, 1.165) is 45.1 Å². The van der Waals surface area contributed by atoms with E-state index >= 15 is 0 Å². The number of hydrogen-bond donors (Lipinski definition) is 1. The summed E-state index contributed by atoms with van der Waals surface area (Å²) in [5, 5.41) is 5.30. The van der Waals surface area contributed by atoms with Gasteiger partial charge in [-0.1, -0.05) is 0 Å². The lowest BCUT2D eigenvalue weighted by molar-refractivity contribution is 0.0167. The molecule has 0 radical (unpaired) electrons. The minimum absolute atomic E-state index is 0.0468. The lowest BCUT2D eigenvalue weighted by atomic mass is 10.0. The van der Waals surface area contributed by atoms with Gasteiger partial charge in [-0.15, -0.1) is 11.3 Å². The van der Waals surface area contributed by atoms with Crippen LogP contribution in [0.15, 0.2) is 23.3 Å². The van der Waals surface area contributed by atoms with Crippen LogP contribution in [-0.4, -0.2) is 75.1 Å². The van der Waals surface area contributed by atoms with Crippen LogP contribution in [0, 0.1) is 0 Å². The molecule has 2 aliphatic heterocycles. The van der Waals surface area contributed by atoms with Gasteiger partial charge >= 0.3 is 6.03 Å². The van der Waals surface area contributed by atoms with Crippen LogP contribution in [-0.2, 0) is 12.5 Å². The average molecular weight is 480 g/mol. The number of anilines is 1. The van der Waals surface area contributed by atoms with Crippen molar-refractivity contribution in [3.63, 3.8) is 0 Å². The summed E-state index contributed by atoms with van der Waals surface area (Å²) in [5.41, 5.74) is 2.75. The minimum Gasteiger partial charge on any atom is -0.337 e. The van der Waals surface area contributed by atoms with E-state index in [2.05, 4.69) is 30.5 Å². The molecule has 2 fully saturated rings. The van der Waals surface area contributed by atoms with Gasteiger partial charge in [0.15, 0.2) is 0 Å². The van der Waals surface area contributed by atoms with Crippen LogP contribution in [0.4, 0.5) is 19.5 Å². The van der Waals surface area contributed by atoms with E-state index < -0.39 is 5.92 Å². The number of nitrogens with one attached hydrogen (secondary N) is 1. The fourth-order valence-corrected chi connectivity index (χ4v) is 5.18. The highest BCUT2D eigenvalue weighted by Crippen LogP contribution is 2.27. The van der Waals surface area contributed by atoms with Crippen molar-refractivity contribution in [1.82, 2.24) is 30.1 Å². The topological polar surface area (TPSA) is 77.5 Å². The number of nitrogens with zero attached hydrogens (tertiary/aromatic N) is 6. The lowest BCUT2D eigenvalue weighted by Gasteiger charge is -2.45. The van der Waals surface area contributed by atoms with Crippen molar-refractivity contribution in [3.05, 3.63) is 34.5 Å². The van der Waals surface area contributed by atoms with Gasteiger partial charge in [-0.25, -0.2) is 28.5 Å². The number of piperazine rings is 1. The van der Waals surface area contributed by atoms with E-state index in [4.69, 9.17) is 0 Å². The second-order valence-electron chi connectivity index (χ2n) is 9.15. The summed E-state index contributed by atoms with van der Waals surface area (Å²) in [5.74, 6) is -2.55. The molecule has 33 heavy (non-hydrogen) atoms. The first-order valence-electron chi connectivity index (χ1n) is 11.3. The number of carbonyl (C=O) groups excluding carboxylic acids is 1. The normalized spacial score (nSPS) is 23.1. The highest BCUT2D eigenvalue weighted by atomic mass is 32.1. The van der Waals surface area contributed by atoms with Crippen molar-refractivity contribution in [2.75, 3.05) is 31.1 Å². The van der Waals surface area contributed by atoms with Crippen molar-refractivity contribution in [2.24, 2.45) is 0 Å². The summed E-state index contributed by atoms with van der Waals surface area (Å²) >= 11 is 1.61. The van der Waals surface area contributed by atoms with E-state index in [9.17, 15) is 13.6 Å². The second kappa shape index (κ2) is 9.84. The summed E-state index contributed by atoms with van der Waals surface area (Å²) in [6, 6.07) is -0.00788. The summed E-state index contributed by atoms with van der Waals surface area (Å²) in [6.45, 7) is 8.64. The van der Waals surface area contributed by atoms with Gasteiger partial charge < -0.3 is 15.1 Å². The number of rotatable bonds is 5. The van der Waals surface area contributed by atoms with Gasteiger partial charge in [0.25, 0.3) is 5.92 Å². The number of urea groups is 1. The maximum Gasteiger partial charge on any atom is 0.318 e. The molecule has 2 aromatic heterocycles. The Morgan fingerprint density at radius 2 is 1.79 bits per heavy atom. The van der Waals surface area contributed by atoms with Crippen LogP contribution in [0.25, 0.3) is 0 Å². The number of piperidine rings is 1.